The van der Waals surface area contributed by atoms with Crippen LogP contribution in [0.5, 0.6) is 11.5 Å². The first-order valence-corrected chi connectivity index (χ1v) is 6.46. The van der Waals surface area contributed by atoms with Gasteiger partial charge in [0.1, 0.15) is 0 Å². The maximum Gasteiger partial charge on any atom is 0.162 e. The van der Waals surface area contributed by atoms with Crippen molar-refractivity contribution in [1.29, 1.82) is 0 Å². The Balaban J connectivity index is 2.13. The van der Waals surface area contributed by atoms with Crippen LogP contribution in [0.1, 0.15) is 0 Å². The quantitative estimate of drug-likeness (QED) is 0.747. The van der Waals surface area contributed by atoms with Gasteiger partial charge in [-0.25, -0.2) is 9.97 Å². The lowest BCUT2D eigenvalue weighted by Gasteiger charge is -2.09. The van der Waals surface area contributed by atoms with Crippen molar-refractivity contribution in [3.8, 4) is 22.9 Å². The zero-order chi connectivity index (χ0) is 14.8. The molecule has 106 valence electrons. The second-order valence-electron chi connectivity index (χ2n) is 4.58. The highest BCUT2D eigenvalue weighted by molar-refractivity contribution is 5.83. The third-order valence-electron chi connectivity index (χ3n) is 3.25. The van der Waals surface area contributed by atoms with Crippen molar-refractivity contribution >= 4 is 16.6 Å². The van der Waals surface area contributed by atoms with Gasteiger partial charge >= 0.3 is 0 Å². The first kappa shape index (κ1) is 13.2. The minimum atomic E-state index is 0.645. The monoisotopic (exact) mass is 281 g/mol. The van der Waals surface area contributed by atoms with Gasteiger partial charge in [0.15, 0.2) is 17.3 Å². The molecule has 0 aliphatic carbocycles. The molecule has 3 rings (SSSR count). The number of nitrogens with zero attached hydrogens (tertiary/aromatic N) is 2. The Morgan fingerprint density at radius 3 is 2.29 bits per heavy atom. The maximum absolute atomic E-state index is 5.69. The van der Waals surface area contributed by atoms with Gasteiger partial charge in [0, 0.05) is 28.9 Å². The van der Waals surface area contributed by atoms with Crippen molar-refractivity contribution in [3.05, 3.63) is 42.6 Å². The predicted octanol–water partition coefficient (Wildman–Crippen LogP) is 2.90. The van der Waals surface area contributed by atoms with E-state index in [9.17, 15) is 0 Å². The third kappa shape index (κ3) is 2.45. The van der Waals surface area contributed by atoms with E-state index < -0.39 is 0 Å². The standard InChI is InChI=1S/C16H15N3O2/c1-20-14-7-11-9-18-16(10-3-5-12(17)6-4-10)19-13(11)8-15(14)21-2/h3-9H,17H2,1-2H3. The highest BCUT2D eigenvalue weighted by Crippen LogP contribution is 2.31. The second kappa shape index (κ2) is 5.28. The number of hydrogen-bond acceptors (Lipinski definition) is 5. The summed E-state index contributed by atoms with van der Waals surface area (Å²) in [5, 5.41) is 0.895. The Hall–Kier alpha value is -2.82. The van der Waals surface area contributed by atoms with Crippen LogP contribution >= 0.6 is 0 Å². The van der Waals surface area contributed by atoms with E-state index in [0.717, 1.165) is 16.5 Å². The maximum atomic E-state index is 5.69. The molecule has 0 bridgehead atoms. The van der Waals surface area contributed by atoms with Crippen LogP contribution in [0, 0.1) is 0 Å². The molecule has 0 aliphatic rings. The topological polar surface area (TPSA) is 70.3 Å². The number of benzene rings is 2. The van der Waals surface area contributed by atoms with E-state index in [4.69, 9.17) is 15.2 Å². The lowest BCUT2D eigenvalue weighted by Crippen LogP contribution is -1.94. The fourth-order valence-corrected chi connectivity index (χ4v) is 2.13. The van der Waals surface area contributed by atoms with E-state index in [0.29, 0.717) is 23.0 Å². The molecule has 0 atom stereocenters. The number of nitrogens with two attached hydrogens (primary N) is 1. The highest BCUT2D eigenvalue weighted by Gasteiger charge is 2.09. The van der Waals surface area contributed by atoms with Crippen LogP contribution in [-0.4, -0.2) is 24.2 Å². The molecule has 5 heteroatoms. The normalized spacial score (nSPS) is 10.6. The van der Waals surface area contributed by atoms with E-state index in [1.807, 2.05) is 36.4 Å². The molecule has 0 unspecified atom stereocenters. The summed E-state index contributed by atoms with van der Waals surface area (Å²) >= 11 is 0. The first-order chi connectivity index (χ1) is 10.2. The Morgan fingerprint density at radius 2 is 1.62 bits per heavy atom. The number of hydrogen-bond donors (Lipinski definition) is 1. The number of aromatic nitrogens is 2. The summed E-state index contributed by atoms with van der Waals surface area (Å²) in [6.07, 6.45) is 1.77. The summed E-state index contributed by atoms with van der Waals surface area (Å²) in [6, 6.07) is 11.2. The van der Waals surface area contributed by atoms with E-state index in [1.165, 1.54) is 0 Å². The Labute approximate surface area is 122 Å². The summed E-state index contributed by atoms with van der Waals surface area (Å²) in [5.74, 6) is 1.95. The minimum absolute atomic E-state index is 0.645. The number of nitrogen functional groups attached to an aromatic ring is 1. The lowest BCUT2D eigenvalue weighted by atomic mass is 10.1. The molecule has 0 fully saturated rings. The van der Waals surface area contributed by atoms with Gasteiger partial charge in [-0.15, -0.1) is 0 Å². The average molecular weight is 281 g/mol. The smallest absolute Gasteiger partial charge is 0.162 e. The molecule has 0 aliphatic heterocycles. The number of methoxy groups -OCH3 is 2. The number of anilines is 1. The molecule has 5 nitrogen and oxygen atoms in total. The van der Waals surface area contributed by atoms with Crippen molar-refractivity contribution in [3.63, 3.8) is 0 Å². The van der Waals surface area contributed by atoms with Crippen LogP contribution in [0.2, 0.25) is 0 Å². The van der Waals surface area contributed by atoms with Crippen molar-refractivity contribution in [1.82, 2.24) is 9.97 Å². The van der Waals surface area contributed by atoms with Crippen molar-refractivity contribution in [2.24, 2.45) is 0 Å². The van der Waals surface area contributed by atoms with Gasteiger partial charge in [-0.3, -0.25) is 0 Å². The van der Waals surface area contributed by atoms with Crippen LogP contribution in [-0.2, 0) is 0 Å². The Bertz CT molecular complexity index is 785. The molecule has 2 aromatic carbocycles. The van der Waals surface area contributed by atoms with Crippen LogP contribution in [0.25, 0.3) is 22.3 Å². The number of rotatable bonds is 3. The Kier molecular flexibility index (Phi) is 3.31. The number of fused-ring (bicyclic) bond motifs is 1. The van der Waals surface area contributed by atoms with Crippen LogP contribution in [0.3, 0.4) is 0 Å². The fourth-order valence-electron chi connectivity index (χ4n) is 2.13. The van der Waals surface area contributed by atoms with Crippen LogP contribution in [0.4, 0.5) is 5.69 Å². The van der Waals surface area contributed by atoms with Gasteiger partial charge in [0.05, 0.1) is 19.7 Å². The average Bonchev–Trinajstić information content (AvgIpc) is 2.53. The van der Waals surface area contributed by atoms with E-state index >= 15 is 0 Å². The zero-order valence-corrected chi connectivity index (χ0v) is 11.8. The lowest BCUT2D eigenvalue weighted by molar-refractivity contribution is 0.356. The van der Waals surface area contributed by atoms with Gasteiger partial charge < -0.3 is 15.2 Å². The zero-order valence-electron chi connectivity index (χ0n) is 11.8. The summed E-state index contributed by atoms with van der Waals surface area (Å²) in [4.78, 5) is 8.96. The summed E-state index contributed by atoms with van der Waals surface area (Å²) in [5.41, 5.74) is 8.13. The van der Waals surface area contributed by atoms with Gasteiger partial charge in [-0.05, 0) is 30.3 Å². The Morgan fingerprint density at radius 1 is 0.952 bits per heavy atom. The van der Waals surface area contributed by atoms with Crippen LogP contribution < -0.4 is 15.2 Å². The first-order valence-electron chi connectivity index (χ1n) is 6.46. The van der Waals surface area contributed by atoms with Gasteiger partial charge in [-0.1, -0.05) is 0 Å². The summed E-state index contributed by atoms with van der Waals surface area (Å²) in [7, 11) is 3.21. The molecule has 0 saturated heterocycles. The second-order valence-corrected chi connectivity index (χ2v) is 4.58. The van der Waals surface area contributed by atoms with E-state index in [2.05, 4.69) is 9.97 Å². The van der Waals surface area contributed by atoms with Crippen molar-refractivity contribution in [2.45, 2.75) is 0 Å². The molecule has 2 N–H and O–H groups in total. The molecule has 21 heavy (non-hydrogen) atoms. The molecule has 1 aromatic heterocycles. The van der Waals surface area contributed by atoms with Gasteiger partial charge in [-0.2, -0.15) is 0 Å². The highest BCUT2D eigenvalue weighted by atomic mass is 16.5. The molecule has 0 radical (unpaired) electrons. The van der Waals surface area contributed by atoms with Crippen molar-refractivity contribution in [2.75, 3.05) is 20.0 Å². The third-order valence-corrected chi connectivity index (χ3v) is 3.25. The molecule has 0 spiro atoms. The SMILES string of the molecule is COc1cc2cnc(-c3ccc(N)cc3)nc2cc1OC. The van der Waals surface area contributed by atoms with Gasteiger partial charge in [0.25, 0.3) is 0 Å². The number of ether oxygens (including phenoxy) is 2. The summed E-state index contributed by atoms with van der Waals surface area (Å²) in [6.45, 7) is 0. The summed E-state index contributed by atoms with van der Waals surface area (Å²) < 4.78 is 10.6. The molecule has 0 amide bonds. The molecule has 1 heterocycles. The van der Waals surface area contributed by atoms with Crippen LogP contribution in [0.15, 0.2) is 42.6 Å². The molecular formula is C16H15N3O2. The van der Waals surface area contributed by atoms with Crippen molar-refractivity contribution < 1.29 is 9.47 Å². The molecule has 0 saturated carbocycles. The largest absolute Gasteiger partial charge is 0.493 e. The minimum Gasteiger partial charge on any atom is -0.493 e. The molecular weight excluding hydrogens is 266 g/mol. The van der Waals surface area contributed by atoms with E-state index in [-0.39, 0.29) is 0 Å². The fraction of sp³-hybridized carbons (Fsp3) is 0.125. The van der Waals surface area contributed by atoms with E-state index in [1.54, 1.807) is 20.4 Å². The predicted molar refractivity (Wildman–Crippen MR) is 82.5 cm³/mol. The molecule has 3 aromatic rings. The van der Waals surface area contributed by atoms with Gasteiger partial charge in [0.2, 0.25) is 0 Å².